The van der Waals surface area contributed by atoms with Crippen molar-refractivity contribution in [3.05, 3.63) is 42.5 Å². The minimum absolute atomic E-state index is 0.451. The molecule has 0 bridgehead atoms. The molecule has 0 aliphatic heterocycles. The van der Waals surface area contributed by atoms with Gasteiger partial charge in [-0.15, -0.1) is 16.8 Å². The molecule has 0 fully saturated rings. The summed E-state index contributed by atoms with van der Waals surface area (Å²) in [6, 6.07) is 6.72. The van der Waals surface area contributed by atoms with Crippen molar-refractivity contribution in [2.45, 2.75) is 6.54 Å². The number of primary amides is 1. The van der Waals surface area contributed by atoms with Gasteiger partial charge in [0.2, 0.25) is 11.7 Å². The van der Waals surface area contributed by atoms with Crippen LogP contribution in [0.2, 0.25) is 0 Å². The van der Waals surface area contributed by atoms with Crippen molar-refractivity contribution in [3.8, 4) is 11.4 Å². The van der Waals surface area contributed by atoms with Gasteiger partial charge in [0, 0.05) is 11.1 Å². The standard InChI is InChI=1S/C11H11N5O/c1-2-7-16-14-11(13-15-16)9-5-3-8(4-6-9)10(12)17/h2-6H,1,7H2,(H2,12,17). The van der Waals surface area contributed by atoms with Gasteiger partial charge in [0.15, 0.2) is 0 Å². The second-order valence-corrected chi connectivity index (χ2v) is 3.40. The van der Waals surface area contributed by atoms with Crippen molar-refractivity contribution in [1.29, 1.82) is 0 Å². The summed E-state index contributed by atoms with van der Waals surface area (Å²) in [6.07, 6.45) is 1.68. The van der Waals surface area contributed by atoms with Gasteiger partial charge in [-0.25, -0.2) is 0 Å². The number of aromatic nitrogens is 4. The number of carbonyl (C=O) groups is 1. The summed E-state index contributed by atoms with van der Waals surface area (Å²) in [6.45, 7) is 4.10. The van der Waals surface area contributed by atoms with Crippen LogP contribution in [-0.2, 0) is 6.54 Å². The first-order chi connectivity index (χ1) is 8.20. The number of hydrogen-bond donors (Lipinski definition) is 1. The number of amides is 1. The monoisotopic (exact) mass is 229 g/mol. The lowest BCUT2D eigenvalue weighted by Crippen LogP contribution is -2.10. The van der Waals surface area contributed by atoms with Gasteiger partial charge in [-0.1, -0.05) is 18.2 Å². The van der Waals surface area contributed by atoms with Crippen LogP contribution in [0.25, 0.3) is 11.4 Å². The first-order valence-corrected chi connectivity index (χ1v) is 4.99. The molecule has 1 amide bonds. The molecule has 0 saturated heterocycles. The summed E-state index contributed by atoms with van der Waals surface area (Å²) in [4.78, 5) is 12.3. The highest BCUT2D eigenvalue weighted by Crippen LogP contribution is 2.14. The van der Waals surface area contributed by atoms with Gasteiger partial charge in [0.1, 0.15) is 0 Å². The number of nitrogens with zero attached hydrogens (tertiary/aromatic N) is 4. The van der Waals surface area contributed by atoms with Crippen LogP contribution in [0.3, 0.4) is 0 Å². The summed E-state index contributed by atoms with van der Waals surface area (Å²) in [5.74, 6) is 0.0442. The van der Waals surface area contributed by atoms with Crippen molar-refractivity contribution in [2.75, 3.05) is 0 Å². The first-order valence-electron chi connectivity index (χ1n) is 4.99. The van der Waals surface area contributed by atoms with Crippen molar-refractivity contribution in [3.63, 3.8) is 0 Å². The van der Waals surface area contributed by atoms with E-state index in [1.54, 1.807) is 30.3 Å². The van der Waals surface area contributed by atoms with Crippen molar-refractivity contribution >= 4 is 5.91 Å². The molecule has 86 valence electrons. The van der Waals surface area contributed by atoms with E-state index in [2.05, 4.69) is 22.0 Å². The van der Waals surface area contributed by atoms with E-state index in [1.165, 1.54) is 4.80 Å². The van der Waals surface area contributed by atoms with Gasteiger partial charge >= 0.3 is 0 Å². The van der Waals surface area contributed by atoms with Crippen LogP contribution in [0.4, 0.5) is 0 Å². The Kier molecular flexibility index (Phi) is 2.95. The zero-order valence-electron chi connectivity index (χ0n) is 9.08. The fraction of sp³-hybridized carbons (Fsp3) is 0.0909. The van der Waals surface area contributed by atoms with E-state index in [1.807, 2.05) is 0 Å². The van der Waals surface area contributed by atoms with E-state index in [-0.39, 0.29) is 0 Å². The molecular formula is C11H11N5O. The first kappa shape index (κ1) is 11.0. The number of allylic oxidation sites excluding steroid dienone is 1. The van der Waals surface area contributed by atoms with E-state index in [9.17, 15) is 4.79 Å². The zero-order valence-corrected chi connectivity index (χ0v) is 9.08. The molecule has 0 aliphatic carbocycles. The average Bonchev–Trinajstić information content (AvgIpc) is 2.78. The Morgan fingerprint density at radius 3 is 2.71 bits per heavy atom. The SMILES string of the molecule is C=CCn1nnc(-c2ccc(C(N)=O)cc2)n1. The minimum Gasteiger partial charge on any atom is -0.366 e. The Morgan fingerprint density at radius 2 is 2.12 bits per heavy atom. The average molecular weight is 229 g/mol. The molecule has 1 aromatic heterocycles. The third-order valence-electron chi connectivity index (χ3n) is 2.17. The molecule has 0 radical (unpaired) electrons. The molecule has 6 nitrogen and oxygen atoms in total. The van der Waals surface area contributed by atoms with Gasteiger partial charge in [0.05, 0.1) is 6.54 Å². The highest BCUT2D eigenvalue weighted by atomic mass is 16.1. The lowest BCUT2D eigenvalue weighted by atomic mass is 10.1. The Balaban J connectivity index is 2.26. The smallest absolute Gasteiger partial charge is 0.248 e. The maximum atomic E-state index is 10.9. The molecule has 17 heavy (non-hydrogen) atoms. The van der Waals surface area contributed by atoms with Crippen LogP contribution < -0.4 is 5.73 Å². The summed E-state index contributed by atoms with van der Waals surface area (Å²) in [7, 11) is 0. The number of tetrazole rings is 1. The fourth-order valence-electron chi connectivity index (χ4n) is 1.34. The van der Waals surface area contributed by atoms with Gasteiger partial charge < -0.3 is 5.73 Å². The number of carbonyl (C=O) groups excluding carboxylic acids is 1. The van der Waals surface area contributed by atoms with Crippen LogP contribution >= 0.6 is 0 Å². The number of hydrogen-bond acceptors (Lipinski definition) is 4. The van der Waals surface area contributed by atoms with Crippen LogP contribution in [-0.4, -0.2) is 26.1 Å². The van der Waals surface area contributed by atoms with E-state index in [0.29, 0.717) is 17.9 Å². The van der Waals surface area contributed by atoms with Crippen molar-refractivity contribution in [1.82, 2.24) is 20.2 Å². The highest BCUT2D eigenvalue weighted by Gasteiger charge is 2.06. The second-order valence-electron chi connectivity index (χ2n) is 3.40. The summed E-state index contributed by atoms with van der Waals surface area (Å²) in [5, 5.41) is 11.9. The molecule has 0 unspecified atom stereocenters. The van der Waals surface area contributed by atoms with Gasteiger partial charge in [-0.05, 0) is 17.3 Å². The molecule has 0 atom stereocenters. The maximum absolute atomic E-state index is 10.9. The van der Waals surface area contributed by atoms with E-state index in [0.717, 1.165) is 5.56 Å². The van der Waals surface area contributed by atoms with Gasteiger partial charge in [0.25, 0.3) is 0 Å². The zero-order chi connectivity index (χ0) is 12.3. The third-order valence-corrected chi connectivity index (χ3v) is 2.17. The van der Waals surface area contributed by atoms with Crippen molar-refractivity contribution < 1.29 is 4.79 Å². The molecule has 2 aromatic rings. The Morgan fingerprint density at radius 1 is 1.41 bits per heavy atom. The Labute approximate surface area is 97.7 Å². The van der Waals surface area contributed by atoms with E-state index in [4.69, 9.17) is 5.73 Å². The predicted octanol–water partition coefficient (Wildman–Crippen LogP) is 0.625. The van der Waals surface area contributed by atoms with Crippen LogP contribution in [0, 0.1) is 0 Å². The summed E-state index contributed by atoms with van der Waals surface area (Å²) < 4.78 is 0. The fourth-order valence-corrected chi connectivity index (χ4v) is 1.34. The van der Waals surface area contributed by atoms with Crippen molar-refractivity contribution in [2.24, 2.45) is 5.73 Å². The molecule has 2 rings (SSSR count). The molecule has 0 saturated carbocycles. The van der Waals surface area contributed by atoms with E-state index >= 15 is 0 Å². The van der Waals surface area contributed by atoms with Crippen LogP contribution in [0.15, 0.2) is 36.9 Å². The van der Waals surface area contributed by atoms with Gasteiger partial charge in [-0.2, -0.15) is 4.80 Å². The topological polar surface area (TPSA) is 86.7 Å². The summed E-state index contributed by atoms with van der Waals surface area (Å²) >= 11 is 0. The van der Waals surface area contributed by atoms with Crippen LogP contribution in [0.5, 0.6) is 0 Å². The number of benzene rings is 1. The largest absolute Gasteiger partial charge is 0.366 e. The van der Waals surface area contributed by atoms with Gasteiger partial charge in [-0.3, -0.25) is 4.79 Å². The lowest BCUT2D eigenvalue weighted by Gasteiger charge is -1.96. The molecule has 0 spiro atoms. The predicted molar refractivity (Wildman–Crippen MR) is 62.0 cm³/mol. The molecule has 6 heteroatoms. The third kappa shape index (κ3) is 2.36. The Bertz CT molecular complexity index is 543. The number of nitrogens with two attached hydrogens (primary N) is 1. The maximum Gasteiger partial charge on any atom is 0.248 e. The number of rotatable bonds is 4. The highest BCUT2D eigenvalue weighted by molar-refractivity contribution is 5.93. The molecule has 1 aromatic carbocycles. The minimum atomic E-state index is -0.458. The molecule has 2 N–H and O–H groups in total. The van der Waals surface area contributed by atoms with E-state index < -0.39 is 5.91 Å². The summed E-state index contributed by atoms with van der Waals surface area (Å²) in [5.41, 5.74) is 6.38. The quantitative estimate of drug-likeness (QED) is 0.779. The second kappa shape index (κ2) is 4.56. The molecule has 1 heterocycles. The lowest BCUT2D eigenvalue weighted by molar-refractivity contribution is 0.100. The molecule has 0 aliphatic rings. The Hall–Kier alpha value is -2.50. The van der Waals surface area contributed by atoms with Crippen LogP contribution in [0.1, 0.15) is 10.4 Å². The molecular weight excluding hydrogens is 218 g/mol. The normalized spacial score (nSPS) is 10.1.